The molecule has 132 valence electrons. The van der Waals surface area contributed by atoms with Crippen molar-refractivity contribution in [3.05, 3.63) is 35.4 Å². The SMILES string of the molecule is CCN(CC)C(=O)COC(=O)CCNC(=O)c1ccc(F)cc1F. The van der Waals surface area contributed by atoms with E-state index in [4.69, 9.17) is 4.74 Å². The predicted molar refractivity (Wildman–Crippen MR) is 82.2 cm³/mol. The molecule has 0 aromatic heterocycles. The van der Waals surface area contributed by atoms with Crippen LogP contribution in [0, 0.1) is 11.6 Å². The van der Waals surface area contributed by atoms with Crippen LogP contribution in [0.5, 0.6) is 0 Å². The molecule has 1 aromatic carbocycles. The Kier molecular flexibility index (Phi) is 7.81. The summed E-state index contributed by atoms with van der Waals surface area (Å²) in [6, 6.07) is 2.58. The number of likely N-dealkylation sites (N-methyl/N-ethyl adjacent to an activating group) is 1. The molecule has 6 nitrogen and oxygen atoms in total. The quantitative estimate of drug-likeness (QED) is 0.727. The monoisotopic (exact) mass is 342 g/mol. The molecule has 0 aliphatic rings. The van der Waals surface area contributed by atoms with Crippen molar-refractivity contribution >= 4 is 17.8 Å². The molecule has 1 aromatic rings. The van der Waals surface area contributed by atoms with Crippen LogP contribution >= 0.6 is 0 Å². The second-order valence-electron chi connectivity index (χ2n) is 4.86. The van der Waals surface area contributed by atoms with Gasteiger partial charge in [0.15, 0.2) is 6.61 Å². The largest absolute Gasteiger partial charge is 0.456 e. The first-order chi connectivity index (χ1) is 11.4. The third kappa shape index (κ3) is 5.94. The van der Waals surface area contributed by atoms with Crippen molar-refractivity contribution in [2.45, 2.75) is 20.3 Å². The summed E-state index contributed by atoms with van der Waals surface area (Å²) in [5.74, 6) is -3.49. The molecular weight excluding hydrogens is 322 g/mol. The van der Waals surface area contributed by atoms with Gasteiger partial charge in [0.1, 0.15) is 11.6 Å². The molecule has 0 aliphatic heterocycles. The minimum absolute atomic E-state index is 0.0893. The van der Waals surface area contributed by atoms with Gasteiger partial charge in [-0.05, 0) is 26.0 Å². The van der Waals surface area contributed by atoms with Gasteiger partial charge in [0.05, 0.1) is 12.0 Å². The molecule has 0 atom stereocenters. The van der Waals surface area contributed by atoms with E-state index < -0.39 is 23.5 Å². The van der Waals surface area contributed by atoms with E-state index in [2.05, 4.69) is 5.32 Å². The average molecular weight is 342 g/mol. The first-order valence-corrected chi connectivity index (χ1v) is 7.55. The Morgan fingerprint density at radius 1 is 1.17 bits per heavy atom. The maximum atomic E-state index is 13.4. The van der Waals surface area contributed by atoms with Gasteiger partial charge < -0.3 is 15.0 Å². The number of ether oxygens (including phenoxy) is 1. The van der Waals surface area contributed by atoms with Gasteiger partial charge in [-0.15, -0.1) is 0 Å². The minimum atomic E-state index is -0.986. The topological polar surface area (TPSA) is 75.7 Å². The number of hydrogen-bond donors (Lipinski definition) is 1. The second kappa shape index (κ2) is 9.59. The lowest BCUT2D eigenvalue weighted by Gasteiger charge is -2.18. The van der Waals surface area contributed by atoms with Crippen LogP contribution in [0.25, 0.3) is 0 Å². The summed E-state index contributed by atoms with van der Waals surface area (Å²) in [5.41, 5.74) is -0.318. The molecule has 0 saturated carbocycles. The van der Waals surface area contributed by atoms with Crippen molar-refractivity contribution in [2.75, 3.05) is 26.2 Å². The number of carbonyl (C=O) groups is 3. The van der Waals surface area contributed by atoms with E-state index in [1.54, 1.807) is 0 Å². The third-order valence-electron chi connectivity index (χ3n) is 3.26. The Balaban J connectivity index is 2.35. The summed E-state index contributed by atoms with van der Waals surface area (Å²) >= 11 is 0. The number of rotatable bonds is 8. The number of benzene rings is 1. The summed E-state index contributed by atoms with van der Waals surface area (Å²) in [4.78, 5) is 36.4. The van der Waals surface area contributed by atoms with Crippen LogP contribution in [0.15, 0.2) is 18.2 Å². The van der Waals surface area contributed by atoms with Crippen LogP contribution in [0.1, 0.15) is 30.6 Å². The van der Waals surface area contributed by atoms with Gasteiger partial charge in [-0.25, -0.2) is 8.78 Å². The number of nitrogens with one attached hydrogen (secondary N) is 1. The molecule has 8 heteroatoms. The Hall–Kier alpha value is -2.51. The van der Waals surface area contributed by atoms with Gasteiger partial charge >= 0.3 is 5.97 Å². The zero-order valence-corrected chi connectivity index (χ0v) is 13.6. The number of nitrogens with zero attached hydrogens (tertiary/aromatic N) is 1. The minimum Gasteiger partial charge on any atom is -0.456 e. The maximum absolute atomic E-state index is 13.4. The van der Waals surface area contributed by atoms with Crippen molar-refractivity contribution in [2.24, 2.45) is 0 Å². The number of amides is 2. The lowest BCUT2D eigenvalue weighted by Crippen LogP contribution is -2.34. The normalized spacial score (nSPS) is 10.2. The number of esters is 1. The van der Waals surface area contributed by atoms with Crippen LogP contribution in [0.3, 0.4) is 0 Å². The van der Waals surface area contributed by atoms with Gasteiger partial charge in [0, 0.05) is 25.7 Å². The standard InChI is InChI=1S/C16H20F2N2O4/c1-3-20(4-2)14(21)10-24-15(22)7-8-19-16(23)12-6-5-11(17)9-13(12)18/h5-6,9H,3-4,7-8,10H2,1-2H3,(H,19,23). The Morgan fingerprint density at radius 2 is 1.83 bits per heavy atom. The van der Waals surface area contributed by atoms with E-state index in [-0.39, 0.29) is 31.0 Å². The van der Waals surface area contributed by atoms with E-state index in [0.717, 1.165) is 12.1 Å². The summed E-state index contributed by atoms with van der Waals surface area (Å²) in [6.07, 6.45) is -0.167. The zero-order chi connectivity index (χ0) is 18.1. The molecule has 0 aliphatic carbocycles. The van der Waals surface area contributed by atoms with Gasteiger partial charge in [-0.2, -0.15) is 0 Å². The van der Waals surface area contributed by atoms with Crippen LogP contribution in [0.4, 0.5) is 8.78 Å². The predicted octanol–water partition coefficient (Wildman–Crippen LogP) is 1.50. The van der Waals surface area contributed by atoms with Crippen LogP contribution in [0.2, 0.25) is 0 Å². The highest BCUT2D eigenvalue weighted by Crippen LogP contribution is 2.09. The van der Waals surface area contributed by atoms with E-state index in [1.165, 1.54) is 4.90 Å². The molecule has 0 radical (unpaired) electrons. The Labute approximate surface area is 138 Å². The Bertz CT molecular complexity index is 604. The van der Waals surface area contributed by atoms with E-state index >= 15 is 0 Å². The van der Waals surface area contributed by atoms with Gasteiger partial charge in [-0.3, -0.25) is 14.4 Å². The van der Waals surface area contributed by atoms with Gasteiger partial charge in [0.2, 0.25) is 0 Å². The molecule has 0 heterocycles. The van der Waals surface area contributed by atoms with E-state index in [1.807, 2.05) is 13.8 Å². The lowest BCUT2D eigenvalue weighted by atomic mass is 10.2. The number of carbonyl (C=O) groups excluding carboxylic acids is 3. The Morgan fingerprint density at radius 3 is 2.42 bits per heavy atom. The summed E-state index contributed by atoms with van der Waals surface area (Å²) in [6.45, 7) is 4.22. The maximum Gasteiger partial charge on any atom is 0.308 e. The zero-order valence-electron chi connectivity index (χ0n) is 13.6. The highest BCUT2D eigenvalue weighted by molar-refractivity contribution is 5.94. The lowest BCUT2D eigenvalue weighted by molar-refractivity contribution is -0.151. The molecule has 0 fully saturated rings. The van der Waals surface area contributed by atoms with Crippen molar-refractivity contribution in [1.29, 1.82) is 0 Å². The highest BCUT2D eigenvalue weighted by atomic mass is 19.1. The third-order valence-corrected chi connectivity index (χ3v) is 3.26. The van der Waals surface area contributed by atoms with Crippen LogP contribution in [-0.4, -0.2) is 48.9 Å². The summed E-state index contributed by atoms with van der Waals surface area (Å²) < 4.78 is 31.0. The molecule has 1 N–H and O–H groups in total. The molecule has 0 unspecified atom stereocenters. The van der Waals surface area contributed by atoms with E-state index in [9.17, 15) is 23.2 Å². The van der Waals surface area contributed by atoms with Crippen molar-refractivity contribution < 1.29 is 27.9 Å². The summed E-state index contributed by atoms with van der Waals surface area (Å²) in [5, 5.41) is 2.33. The first kappa shape index (κ1) is 19.5. The average Bonchev–Trinajstić information content (AvgIpc) is 2.53. The van der Waals surface area contributed by atoms with Gasteiger partial charge in [-0.1, -0.05) is 0 Å². The number of hydrogen-bond acceptors (Lipinski definition) is 4. The highest BCUT2D eigenvalue weighted by Gasteiger charge is 2.14. The van der Waals surface area contributed by atoms with Crippen molar-refractivity contribution in [3.63, 3.8) is 0 Å². The van der Waals surface area contributed by atoms with Gasteiger partial charge in [0.25, 0.3) is 11.8 Å². The molecule has 2 amide bonds. The van der Waals surface area contributed by atoms with Crippen molar-refractivity contribution in [3.8, 4) is 0 Å². The molecule has 24 heavy (non-hydrogen) atoms. The number of halogens is 2. The fourth-order valence-electron chi connectivity index (χ4n) is 1.93. The fraction of sp³-hybridized carbons (Fsp3) is 0.438. The summed E-state index contributed by atoms with van der Waals surface area (Å²) in [7, 11) is 0. The second-order valence-corrected chi connectivity index (χ2v) is 4.86. The molecule has 1 rings (SSSR count). The van der Waals surface area contributed by atoms with Crippen molar-refractivity contribution in [1.82, 2.24) is 10.2 Å². The smallest absolute Gasteiger partial charge is 0.308 e. The van der Waals surface area contributed by atoms with Crippen LogP contribution < -0.4 is 5.32 Å². The molecular formula is C16H20F2N2O4. The molecule has 0 saturated heterocycles. The first-order valence-electron chi connectivity index (χ1n) is 7.55. The molecule has 0 bridgehead atoms. The fourth-order valence-corrected chi connectivity index (χ4v) is 1.93. The molecule has 0 spiro atoms. The van der Waals surface area contributed by atoms with E-state index in [0.29, 0.717) is 19.2 Å². The van der Waals surface area contributed by atoms with Crippen LogP contribution in [-0.2, 0) is 14.3 Å².